The Hall–Kier alpha value is -3.45. The average Bonchev–Trinajstić information content (AvgIpc) is 2.82. The highest BCUT2D eigenvalue weighted by Crippen LogP contribution is 2.36. The lowest BCUT2D eigenvalue weighted by Crippen LogP contribution is -2.23. The maximum absolute atomic E-state index is 12.8. The van der Waals surface area contributed by atoms with Crippen molar-refractivity contribution >= 4 is 29.3 Å². The van der Waals surface area contributed by atoms with Crippen molar-refractivity contribution in [1.29, 1.82) is 0 Å². The van der Waals surface area contributed by atoms with E-state index in [-0.39, 0.29) is 6.61 Å². The Labute approximate surface area is 184 Å². The molecule has 1 heterocycles. The number of hydrogen-bond acceptors (Lipinski definition) is 6. The van der Waals surface area contributed by atoms with Gasteiger partial charge in [0.2, 0.25) is 0 Å². The molecular weight excluding hydrogens is 414 g/mol. The minimum absolute atomic E-state index is 0.383. The molecule has 0 radical (unpaired) electrons. The highest BCUT2D eigenvalue weighted by molar-refractivity contribution is 8.00. The number of hydrogen-bond donors (Lipinski definition) is 1. The highest BCUT2D eigenvalue weighted by Gasteiger charge is 2.24. The van der Waals surface area contributed by atoms with Gasteiger partial charge in [0.1, 0.15) is 18.5 Å². The van der Waals surface area contributed by atoms with Crippen LogP contribution in [0.3, 0.4) is 0 Å². The zero-order chi connectivity index (χ0) is 21.5. The Kier molecular flexibility index (Phi) is 6.74. The van der Waals surface area contributed by atoms with Crippen molar-refractivity contribution in [2.24, 2.45) is 0 Å². The molecule has 158 valence electrons. The van der Waals surface area contributed by atoms with Crippen molar-refractivity contribution in [1.82, 2.24) is 0 Å². The number of carbonyl (C=O) groups excluding carboxylic acids is 2. The number of esters is 1. The summed E-state index contributed by atoms with van der Waals surface area (Å²) in [7, 11) is 0. The molecule has 6 nitrogen and oxygen atoms in total. The van der Waals surface area contributed by atoms with Crippen LogP contribution in [-0.4, -0.2) is 31.7 Å². The third-order valence-electron chi connectivity index (χ3n) is 4.48. The van der Waals surface area contributed by atoms with E-state index in [2.05, 4.69) is 5.32 Å². The van der Waals surface area contributed by atoms with Crippen molar-refractivity contribution in [2.75, 3.05) is 25.1 Å². The second kappa shape index (κ2) is 10.0. The summed E-state index contributed by atoms with van der Waals surface area (Å²) in [6.07, 6.45) is 0. The van der Waals surface area contributed by atoms with E-state index >= 15 is 0 Å². The standard InChI is InChI=1S/C24H21NO5S/c26-22(25-18-11-12-20-21(15-18)29-14-13-28-20)16-30-24(27)23(17-7-3-1-4-8-17)31-19-9-5-2-6-10-19/h1-12,15,23H,13-14,16H2,(H,25,26)/t23-/m0/s1. The summed E-state index contributed by atoms with van der Waals surface area (Å²) in [6.45, 7) is 0.576. The van der Waals surface area contributed by atoms with E-state index in [1.54, 1.807) is 18.2 Å². The van der Waals surface area contributed by atoms with Crippen LogP contribution in [0, 0.1) is 0 Å². The first-order valence-electron chi connectivity index (χ1n) is 9.82. The maximum Gasteiger partial charge on any atom is 0.324 e. The quantitative estimate of drug-likeness (QED) is 0.436. The monoisotopic (exact) mass is 435 g/mol. The van der Waals surface area contributed by atoms with Crippen LogP contribution in [0.4, 0.5) is 5.69 Å². The van der Waals surface area contributed by atoms with Crippen LogP contribution in [-0.2, 0) is 14.3 Å². The zero-order valence-electron chi connectivity index (χ0n) is 16.7. The number of anilines is 1. The van der Waals surface area contributed by atoms with Gasteiger partial charge in [-0.05, 0) is 29.8 Å². The van der Waals surface area contributed by atoms with Gasteiger partial charge in [0.15, 0.2) is 18.1 Å². The van der Waals surface area contributed by atoms with Gasteiger partial charge in [-0.3, -0.25) is 9.59 Å². The van der Waals surface area contributed by atoms with Gasteiger partial charge < -0.3 is 19.5 Å². The summed E-state index contributed by atoms with van der Waals surface area (Å²) in [5.74, 6) is 0.308. The molecule has 0 aromatic heterocycles. The average molecular weight is 436 g/mol. The molecule has 1 amide bonds. The molecule has 0 bridgehead atoms. The molecule has 0 fully saturated rings. The van der Waals surface area contributed by atoms with Crippen LogP contribution >= 0.6 is 11.8 Å². The Morgan fingerprint density at radius 3 is 2.32 bits per heavy atom. The van der Waals surface area contributed by atoms with Crippen LogP contribution in [0.15, 0.2) is 83.8 Å². The van der Waals surface area contributed by atoms with Crippen molar-refractivity contribution in [3.63, 3.8) is 0 Å². The Morgan fingerprint density at radius 1 is 0.903 bits per heavy atom. The largest absolute Gasteiger partial charge is 0.486 e. The number of amides is 1. The predicted molar refractivity (Wildman–Crippen MR) is 119 cm³/mol. The summed E-state index contributed by atoms with van der Waals surface area (Å²) >= 11 is 1.38. The normalized spacial score (nSPS) is 13.2. The predicted octanol–water partition coefficient (Wildman–Crippen LogP) is 4.47. The van der Waals surface area contributed by atoms with Crippen LogP contribution < -0.4 is 14.8 Å². The fraction of sp³-hybridized carbons (Fsp3) is 0.167. The van der Waals surface area contributed by atoms with Crippen LogP contribution in [0.5, 0.6) is 11.5 Å². The molecule has 0 aliphatic carbocycles. The molecule has 0 spiro atoms. The first kappa shape index (κ1) is 20.8. The Bertz CT molecular complexity index is 1040. The molecule has 1 aliphatic heterocycles. The fourth-order valence-electron chi connectivity index (χ4n) is 3.05. The highest BCUT2D eigenvalue weighted by atomic mass is 32.2. The number of ether oxygens (including phenoxy) is 3. The first-order valence-corrected chi connectivity index (χ1v) is 10.7. The smallest absolute Gasteiger partial charge is 0.324 e. The lowest BCUT2D eigenvalue weighted by molar-refractivity contribution is -0.146. The molecule has 7 heteroatoms. The minimum Gasteiger partial charge on any atom is -0.486 e. The Morgan fingerprint density at radius 2 is 1.58 bits per heavy atom. The molecule has 0 unspecified atom stereocenters. The summed E-state index contributed by atoms with van der Waals surface area (Å²) < 4.78 is 16.3. The van der Waals surface area contributed by atoms with Gasteiger partial charge in [-0.25, -0.2) is 0 Å². The SMILES string of the molecule is O=C(COC(=O)[C@@H](Sc1ccccc1)c1ccccc1)Nc1ccc2c(c1)OCCO2. The van der Waals surface area contributed by atoms with Crippen LogP contribution in [0.2, 0.25) is 0 Å². The number of thioether (sulfide) groups is 1. The van der Waals surface area contributed by atoms with E-state index in [9.17, 15) is 9.59 Å². The van der Waals surface area contributed by atoms with Gasteiger partial charge in [-0.1, -0.05) is 48.5 Å². The van der Waals surface area contributed by atoms with Crippen molar-refractivity contribution in [2.45, 2.75) is 10.1 Å². The van der Waals surface area contributed by atoms with Crippen LogP contribution in [0.25, 0.3) is 0 Å². The fourth-order valence-corrected chi connectivity index (χ4v) is 4.09. The van der Waals surface area contributed by atoms with Gasteiger partial charge in [0.05, 0.1) is 0 Å². The van der Waals surface area contributed by atoms with Gasteiger partial charge >= 0.3 is 5.97 Å². The van der Waals surface area contributed by atoms with Crippen molar-refractivity contribution in [3.05, 3.63) is 84.4 Å². The molecule has 0 saturated heterocycles. The molecule has 1 aliphatic rings. The van der Waals surface area contributed by atoms with Crippen molar-refractivity contribution in [3.8, 4) is 11.5 Å². The molecule has 1 atom stereocenters. The van der Waals surface area contributed by atoms with Gasteiger partial charge in [0, 0.05) is 16.6 Å². The molecule has 3 aromatic rings. The zero-order valence-corrected chi connectivity index (χ0v) is 17.5. The molecule has 0 saturated carbocycles. The summed E-state index contributed by atoms with van der Waals surface area (Å²) in [4.78, 5) is 26.1. The lowest BCUT2D eigenvalue weighted by Gasteiger charge is -2.19. The summed E-state index contributed by atoms with van der Waals surface area (Å²) in [5.41, 5.74) is 1.36. The lowest BCUT2D eigenvalue weighted by atomic mass is 10.1. The molecule has 3 aromatic carbocycles. The van der Waals surface area contributed by atoms with E-state index in [0.717, 1.165) is 10.5 Å². The van der Waals surface area contributed by atoms with E-state index in [1.807, 2.05) is 60.7 Å². The number of rotatable bonds is 7. The molecule has 31 heavy (non-hydrogen) atoms. The van der Waals surface area contributed by atoms with Gasteiger partial charge in [-0.15, -0.1) is 11.8 Å². The van der Waals surface area contributed by atoms with E-state index in [0.29, 0.717) is 30.4 Å². The van der Waals surface area contributed by atoms with E-state index in [4.69, 9.17) is 14.2 Å². The second-order valence-electron chi connectivity index (χ2n) is 6.74. The van der Waals surface area contributed by atoms with E-state index < -0.39 is 17.1 Å². The van der Waals surface area contributed by atoms with Gasteiger partial charge in [-0.2, -0.15) is 0 Å². The first-order chi connectivity index (χ1) is 15.2. The third kappa shape index (κ3) is 5.58. The second-order valence-corrected chi connectivity index (χ2v) is 7.91. The molecule has 1 N–H and O–H groups in total. The van der Waals surface area contributed by atoms with Gasteiger partial charge in [0.25, 0.3) is 5.91 Å². The number of nitrogens with one attached hydrogen (secondary N) is 1. The topological polar surface area (TPSA) is 73.9 Å². The number of carbonyl (C=O) groups is 2. The number of fused-ring (bicyclic) bond motifs is 1. The maximum atomic E-state index is 12.8. The van der Waals surface area contributed by atoms with Crippen LogP contribution in [0.1, 0.15) is 10.8 Å². The molecular formula is C24H21NO5S. The molecule has 4 rings (SSSR count). The van der Waals surface area contributed by atoms with Crippen molar-refractivity contribution < 1.29 is 23.8 Å². The third-order valence-corrected chi connectivity index (χ3v) is 5.73. The minimum atomic E-state index is -0.578. The summed E-state index contributed by atoms with van der Waals surface area (Å²) in [5, 5.41) is 2.14. The number of benzene rings is 3. The Balaban J connectivity index is 1.38. The van der Waals surface area contributed by atoms with E-state index in [1.165, 1.54) is 11.8 Å². The summed E-state index contributed by atoms with van der Waals surface area (Å²) in [6, 6.07) is 24.1.